The van der Waals surface area contributed by atoms with Crippen molar-refractivity contribution in [2.45, 2.75) is 27.7 Å². The highest BCUT2D eigenvalue weighted by Gasteiger charge is 1.47. The van der Waals surface area contributed by atoms with Crippen molar-refractivity contribution in [2.24, 2.45) is 5.73 Å². The molecule has 0 saturated heterocycles. The lowest BCUT2D eigenvalue weighted by atomic mass is 10.5. The van der Waals surface area contributed by atoms with Crippen molar-refractivity contribution in [3.05, 3.63) is 37.5 Å². The molecule has 0 bridgehead atoms. The fraction of sp³-hybridized carbons (Fsp3) is 0.455. The minimum absolute atomic E-state index is 1.50. The highest BCUT2D eigenvalue weighted by atomic mass is 14.4. The normalized spacial score (nSPS) is 5.83. The third kappa shape index (κ3) is 129. The molecule has 12 heavy (non-hydrogen) atoms. The molecule has 0 amide bonds. The summed E-state index contributed by atoms with van der Waals surface area (Å²) in [5.74, 6) is 0. The van der Waals surface area contributed by atoms with Crippen LogP contribution in [-0.4, -0.2) is 7.05 Å². The Kier molecular flexibility index (Phi) is 159. The Morgan fingerprint density at radius 3 is 1.00 bits per heavy atom. The number of rotatable bonds is 2. The third-order valence-corrected chi connectivity index (χ3v) is 0.383. The Morgan fingerprint density at radius 1 is 0.750 bits per heavy atom. The second-order valence-electron chi connectivity index (χ2n) is 0.856. The van der Waals surface area contributed by atoms with Gasteiger partial charge in [0, 0.05) is 0 Å². The van der Waals surface area contributed by atoms with Crippen LogP contribution in [0.5, 0.6) is 0 Å². The lowest BCUT2D eigenvalue weighted by Gasteiger charge is -1.60. The Labute approximate surface area is 78.7 Å². The largest absolute Gasteiger partial charge is 0.333 e. The summed E-state index contributed by atoms with van der Waals surface area (Å²) in [5.41, 5.74) is 4.50. The Balaban J connectivity index is -0.0000000453. The highest BCUT2D eigenvalue weighted by molar-refractivity contribution is 5.05. The lowest BCUT2D eigenvalue weighted by Crippen LogP contribution is -1.69. The quantitative estimate of drug-likeness (QED) is 0.632. The minimum Gasteiger partial charge on any atom is -0.333 e. The molecular weight excluding hydrogens is 146 g/mol. The molecule has 0 fully saturated rings. The minimum atomic E-state index is 1.50. The third-order valence-electron chi connectivity index (χ3n) is 0.383. The van der Waals surface area contributed by atoms with E-state index in [1.54, 1.807) is 12.2 Å². The molecule has 0 radical (unpaired) electrons. The van der Waals surface area contributed by atoms with Crippen LogP contribution in [0.15, 0.2) is 37.5 Å². The molecular formula is C11H25N. The molecule has 74 valence electrons. The fourth-order valence-corrected chi connectivity index (χ4v) is 0.157. The van der Waals surface area contributed by atoms with E-state index in [0.717, 1.165) is 0 Å². The summed E-state index contributed by atoms with van der Waals surface area (Å²) in [6.07, 6.45) is 7.07. The van der Waals surface area contributed by atoms with Crippen molar-refractivity contribution in [1.29, 1.82) is 0 Å². The van der Waals surface area contributed by atoms with Gasteiger partial charge < -0.3 is 5.73 Å². The summed E-state index contributed by atoms with van der Waals surface area (Å²) >= 11 is 0. The summed E-state index contributed by atoms with van der Waals surface area (Å²) in [6, 6.07) is 0. The van der Waals surface area contributed by atoms with E-state index in [0.29, 0.717) is 0 Å². The van der Waals surface area contributed by atoms with E-state index >= 15 is 0 Å². The Bertz CT molecular complexity index is 63.1. The van der Waals surface area contributed by atoms with Crippen LogP contribution in [0.1, 0.15) is 27.7 Å². The van der Waals surface area contributed by atoms with Crippen molar-refractivity contribution in [1.82, 2.24) is 0 Å². The summed E-state index contributed by atoms with van der Waals surface area (Å²) in [4.78, 5) is 0. The van der Waals surface area contributed by atoms with Gasteiger partial charge in [0.25, 0.3) is 0 Å². The maximum Gasteiger partial charge on any atom is -0.0195 e. The van der Waals surface area contributed by atoms with Crippen LogP contribution in [-0.2, 0) is 0 Å². The summed E-state index contributed by atoms with van der Waals surface area (Å²) in [5, 5.41) is 0. The number of nitrogens with two attached hydrogens (primary N) is 1. The van der Waals surface area contributed by atoms with E-state index in [2.05, 4.69) is 18.9 Å². The van der Waals surface area contributed by atoms with Gasteiger partial charge >= 0.3 is 0 Å². The van der Waals surface area contributed by atoms with Gasteiger partial charge in [-0.2, -0.15) is 0 Å². The van der Waals surface area contributed by atoms with Gasteiger partial charge in [-0.05, 0) is 7.05 Å². The first kappa shape index (κ1) is 22.5. The van der Waals surface area contributed by atoms with Gasteiger partial charge in [0.2, 0.25) is 0 Å². The van der Waals surface area contributed by atoms with Gasteiger partial charge in [-0.15, -0.1) is 0 Å². The van der Waals surface area contributed by atoms with Crippen LogP contribution in [0.2, 0.25) is 0 Å². The zero-order valence-electron chi connectivity index (χ0n) is 9.30. The molecule has 1 nitrogen and oxygen atoms in total. The van der Waals surface area contributed by atoms with Crippen LogP contribution in [0.3, 0.4) is 0 Å². The van der Waals surface area contributed by atoms with Crippen LogP contribution in [0, 0.1) is 0 Å². The van der Waals surface area contributed by atoms with Gasteiger partial charge in [-0.25, -0.2) is 0 Å². The summed E-state index contributed by atoms with van der Waals surface area (Å²) in [7, 11) is 1.50. The van der Waals surface area contributed by atoms with E-state index in [1.165, 1.54) is 7.05 Å². The second-order valence-corrected chi connectivity index (χ2v) is 0.856. The first-order valence-corrected chi connectivity index (χ1v) is 4.39. The van der Waals surface area contributed by atoms with E-state index in [-0.39, 0.29) is 0 Å². The van der Waals surface area contributed by atoms with Crippen molar-refractivity contribution < 1.29 is 0 Å². The maximum absolute atomic E-state index is 4.50. The van der Waals surface area contributed by atoms with Crippen LogP contribution in [0.4, 0.5) is 0 Å². The molecule has 0 rings (SSSR count). The van der Waals surface area contributed by atoms with Crippen LogP contribution >= 0.6 is 0 Å². The molecule has 0 atom stereocenters. The maximum atomic E-state index is 4.50. The van der Waals surface area contributed by atoms with Crippen LogP contribution < -0.4 is 5.73 Å². The zero-order valence-corrected chi connectivity index (χ0v) is 9.30. The number of hydrogen-bond acceptors (Lipinski definition) is 1. The molecule has 0 aliphatic heterocycles. The SMILES string of the molecule is C=C/C=C\C=C.CC.CC.CN. The topological polar surface area (TPSA) is 26.0 Å². The molecule has 0 aliphatic rings. The molecule has 0 aromatic heterocycles. The fourth-order valence-electron chi connectivity index (χ4n) is 0.157. The molecule has 0 aromatic carbocycles. The Hall–Kier alpha value is -0.820. The van der Waals surface area contributed by atoms with E-state index in [1.807, 2.05) is 39.8 Å². The van der Waals surface area contributed by atoms with Crippen LogP contribution in [0.25, 0.3) is 0 Å². The standard InChI is InChI=1S/C6H8.2C2H6.CH5N/c1-3-5-6-4-2;3*1-2/h3-6H,1-2H2;2*1-2H3;2H2,1H3/b6-5-;;;. The van der Waals surface area contributed by atoms with Crippen molar-refractivity contribution >= 4 is 0 Å². The van der Waals surface area contributed by atoms with E-state index in [9.17, 15) is 0 Å². The molecule has 2 N–H and O–H groups in total. The van der Waals surface area contributed by atoms with E-state index < -0.39 is 0 Å². The molecule has 0 aromatic rings. The zero-order chi connectivity index (χ0) is 10.8. The van der Waals surface area contributed by atoms with Gasteiger partial charge in [0.15, 0.2) is 0 Å². The summed E-state index contributed by atoms with van der Waals surface area (Å²) in [6.45, 7) is 14.9. The van der Waals surface area contributed by atoms with Crippen molar-refractivity contribution in [3.8, 4) is 0 Å². The first-order chi connectivity index (χ1) is 5.91. The van der Waals surface area contributed by atoms with Gasteiger partial charge in [0.05, 0.1) is 0 Å². The van der Waals surface area contributed by atoms with Gasteiger partial charge in [0.1, 0.15) is 0 Å². The molecule has 0 spiro atoms. The first-order valence-electron chi connectivity index (χ1n) is 4.39. The average Bonchev–Trinajstić information content (AvgIpc) is 2.24. The predicted molar refractivity (Wildman–Crippen MR) is 62.3 cm³/mol. The molecule has 0 unspecified atom stereocenters. The predicted octanol–water partition coefficient (Wildman–Crippen LogP) is 3.54. The molecule has 0 saturated carbocycles. The monoisotopic (exact) mass is 171 g/mol. The smallest absolute Gasteiger partial charge is 0.0195 e. The summed E-state index contributed by atoms with van der Waals surface area (Å²) < 4.78 is 0. The van der Waals surface area contributed by atoms with Gasteiger partial charge in [-0.3, -0.25) is 0 Å². The van der Waals surface area contributed by atoms with E-state index in [4.69, 9.17) is 0 Å². The van der Waals surface area contributed by atoms with Crippen molar-refractivity contribution in [3.63, 3.8) is 0 Å². The second kappa shape index (κ2) is 84.8. The Morgan fingerprint density at radius 2 is 0.917 bits per heavy atom. The lowest BCUT2D eigenvalue weighted by molar-refractivity contribution is 1.48. The average molecular weight is 171 g/mol. The molecule has 0 aliphatic carbocycles. The number of allylic oxidation sites excluding steroid dienone is 4. The molecule has 0 heterocycles. The van der Waals surface area contributed by atoms with Crippen molar-refractivity contribution in [2.75, 3.05) is 7.05 Å². The van der Waals surface area contributed by atoms with Gasteiger partial charge in [-0.1, -0.05) is 65.2 Å². The highest BCUT2D eigenvalue weighted by Crippen LogP contribution is 1.69. The number of hydrogen-bond donors (Lipinski definition) is 1. The molecule has 1 heteroatoms.